The van der Waals surface area contributed by atoms with Crippen LogP contribution >= 0.6 is 34.4 Å². The number of thiazole rings is 1. The molecule has 3 aromatic heterocycles. The number of aromatic nitrogens is 4. The molecule has 1 aliphatic carbocycles. The fourth-order valence-electron chi connectivity index (χ4n) is 3.29. The van der Waals surface area contributed by atoms with Gasteiger partial charge in [0.15, 0.2) is 11.0 Å². The van der Waals surface area contributed by atoms with Crippen LogP contribution in [0.25, 0.3) is 20.9 Å². The lowest BCUT2D eigenvalue weighted by Crippen LogP contribution is -2.31. The second kappa shape index (κ2) is 8.13. The van der Waals surface area contributed by atoms with E-state index in [1.54, 1.807) is 27.6 Å². The van der Waals surface area contributed by atoms with E-state index < -0.39 is 0 Å². The normalized spacial score (nSPS) is 14.9. The number of hydrogen-bond acceptors (Lipinski definition) is 7. The van der Waals surface area contributed by atoms with Crippen molar-refractivity contribution >= 4 is 50.6 Å². The van der Waals surface area contributed by atoms with Gasteiger partial charge in [0, 0.05) is 13.1 Å². The smallest absolute Gasteiger partial charge is 0.233 e. The average Bonchev–Trinajstić information content (AvgIpc) is 3.17. The van der Waals surface area contributed by atoms with Crippen LogP contribution in [0.15, 0.2) is 46.9 Å². The number of thiophene rings is 1. The van der Waals surface area contributed by atoms with Gasteiger partial charge in [-0.1, -0.05) is 30.0 Å². The molecule has 1 saturated carbocycles. The third-order valence-electron chi connectivity index (χ3n) is 5.29. The zero-order valence-electron chi connectivity index (χ0n) is 16.7. The van der Waals surface area contributed by atoms with Gasteiger partial charge in [0.1, 0.15) is 5.01 Å². The molecular weight excluding hydrogens is 434 g/mol. The molecule has 1 aromatic carbocycles. The molecule has 1 unspecified atom stereocenters. The Balaban J connectivity index is 1.29. The number of hydrogen-bond donors (Lipinski definition) is 0. The molecule has 0 bridgehead atoms. The quantitative estimate of drug-likeness (QED) is 0.356. The first-order valence-electron chi connectivity index (χ1n) is 9.84. The van der Waals surface area contributed by atoms with Crippen LogP contribution in [0, 0.1) is 0 Å². The van der Waals surface area contributed by atoms with Gasteiger partial charge in [-0.15, -0.1) is 32.9 Å². The SMILES string of the molecule is CC(c1nc2ccccc2s1)N(C)C(=O)CSc1nnc(-c2cccs2)n1C1CC1. The van der Waals surface area contributed by atoms with Crippen molar-refractivity contribution in [3.63, 3.8) is 0 Å². The summed E-state index contributed by atoms with van der Waals surface area (Å²) in [6, 6.07) is 12.6. The van der Waals surface area contributed by atoms with Crippen LogP contribution in [0.4, 0.5) is 0 Å². The highest BCUT2D eigenvalue weighted by molar-refractivity contribution is 7.99. The molecule has 3 heterocycles. The van der Waals surface area contributed by atoms with Crippen LogP contribution in [-0.2, 0) is 4.79 Å². The van der Waals surface area contributed by atoms with Crippen molar-refractivity contribution in [2.24, 2.45) is 0 Å². The molecular formula is C21H21N5OS3. The first kappa shape index (κ1) is 19.7. The summed E-state index contributed by atoms with van der Waals surface area (Å²) in [5.41, 5.74) is 0.984. The van der Waals surface area contributed by atoms with Crippen molar-refractivity contribution in [1.82, 2.24) is 24.6 Å². The van der Waals surface area contributed by atoms with Gasteiger partial charge in [-0.3, -0.25) is 9.36 Å². The van der Waals surface area contributed by atoms with Crippen LogP contribution in [0.2, 0.25) is 0 Å². The summed E-state index contributed by atoms with van der Waals surface area (Å²) in [7, 11) is 1.85. The number of carbonyl (C=O) groups is 1. The maximum Gasteiger partial charge on any atom is 0.233 e. The van der Waals surface area contributed by atoms with Crippen LogP contribution < -0.4 is 0 Å². The minimum atomic E-state index is -0.0709. The Labute approximate surface area is 187 Å². The second-order valence-corrected chi connectivity index (χ2v) is 10.3. The standard InChI is InChI=1S/C21H21N5OS3/c1-13(20-22-15-6-3-4-7-16(15)30-20)25(2)18(27)12-29-21-24-23-19(17-8-5-11-28-17)26(21)14-9-10-14/h3-8,11,13-14H,9-10,12H2,1-2H3. The zero-order chi connectivity index (χ0) is 20.7. The summed E-state index contributed by atoms with van der Waals surface area (Å²) >= 11 is 4.79. The molecule has 1 amide bonds. The average molecular weight is 456 g/mol. The fourth-order valence-corrected chi connectivity index (χ4v) is 5.99. The second-order valence-electron chi connectivity index (χ2n) is 7.37. The number of carbonyl (C=O) groups excluding carboxylic acids is 1. The molecule has 154 valence electrons. The van der Waals surface area contributed by atoms with Crippen molar-refractivity contribution in [3.8, 4) is 10.7 Å². The summed E-state index contributed by atoms with van der Waals surface area (Å²) in [6.07, 6.45) is 2.29. The van der Waals surface area contributed by atoms with Crippen LogP contribution in [0.5, 0.6) is 0 Å². The highest BCUT2D eigenvalue weighted by atomic mass is 32.2. The van der Waals surface area contributed by atoms with Gasteiger partial charge in [-0.05, 0) is 43.3 Å². The highest BCUT2D eigenvalue weighted by Crippen LogP contribution is 2.41. The summed E-state index contributed by atoms with van der Waals surface area (Å²) in [5, 5.41) is 12.7. The highest BCUT2D eigenvalue weighted by Gasteiger charge is 2.31. The Hall–Kier alpha value is -2.23. The molecule has 6 nitrogen and oxygen atoms in total. The third-order valence-corrected chi connectivity index (χ3v) is 8.29. The zero-order valence-corrected chi connectivity index (χ0v) is 19.1. The van der Waals surface area contributed by atoms with E-state index in [-0.39, 0.29) is 11.9 Å². The van der Waals surface area contributed by atoms with Crippen molar-refractivity contribution in [1.29, 1.82) is 0 Å². The molecule has 30 heavy (non-hydrogen) atoms. The summed E-state index contributed by atoms with van der Waals surface area (Å²) in [5.74, 6) is 1.31. The molecule has 0 saturated heterocycles. The van der Waals surface area contributed by atoms with Gasteiger partial charge < -0.3 is 4.90 Å². The first-order valence-corrected chi connectivity index (χ1v) is 12.5. The largest absolute Gasteiger partial charge is 0.336 e. The van der Waals surface area contributed by atoms with Crippen molar-refractivity contribution < 1.29 is 4.79 Å². The van der Waals surface area contributed by atoms with E-state index in [2.05, 4.69) is 32.3 Å². The van der Waals surface area contributed by atoms with Crippen LogP contribution in [-0.4, -0.2) is 43.4 Å². The van der Waals surface area contributed by atoms with E-state index in [1.807, 2.05) is 38.2 Å². The van der Waals surface area contributed by atoms with Crippen LogP contribution in [0.1, 0.15) is 36.9 Å². The molecule has 9 heteroatoms. The van der Waals surface area contributed by atoms with Crippen molar-refractivity contribution in [2.75, 3.05) is 12.8 Å². The van der Waals surface area contributed by atoms with E-state index in [0.29, 0.717) is 11.8 Å². The summed E-state index contributed by atoms with van der Waals surface area (Å²) in [4.78, 5) is 20.5. The lowest BCUT2D eigenvalue weighted by atomic mass is 10.3. The van der Waals surface area contributed by atoms with Gasteiger partial charge in [-0.2, -0.15) is 0 Å². The molecule has 0 aliphatic heterocycles. The third kappa shape index (κ3) is 3.77. The van der Waals surface area contributed by atoms with Gasteiger partial charge in [0.2, 0.25) is 5.91 Å². The van der Waals surface area contributed by atoms with E-state index in [1.165, 1.54) is 11.8 Å². The monoisotopic (exact) mass is 455 g/mol. The number of amides is 1. The Morgan fingerprint density at radius 1 is 1.27 bits per heavy atom. The van der Waals surface area contributed by atoms with Gasteiger partial charge >= 0.3 is 0 Å². The van der Waals surface area contributed by atoms with Crippen molar-refractivity contribution in [3.05, 3.63) is 46.8 Å². The summed E-state index contributed by atoms with van der Waals surface area (Å²) in [6.45, 7) is 2.03. The molecule has 0 spiro atoms. The number of benzene rings is 1. The lowest BCUT2D eigenvalue weighted by Gasteiger charge is -2.23. The minimum absolute atomic E-state index is 0.0646. The van der Waals surface area contributed by atoms with E-state index in [4.69, 9.17) is 4.98 Å². The van der Waals surface area contributed by atoms with E-state index in [0.717, 1.165) is 43.9 Å². The molecule has 1 aliphatic rings. The number of thioether (sulfide) groups is 1. The predicted molar refractivity (Wildman–Crippen MR) is 123 cm³/mol. The fraction of sp³-hybridized carbons (Fsp3) is 0.333. The van der Waals surface area contributed by atoms with E-state index in [9.17, 15) is 4.79 Å². The molecule has 1 atom stereocenters. The van der Waals surface area contributed by atoms with E-state index >= 15 is 0 Å². The maximum absolute atomic E-state index is 12.9. The van der Waals surface area contributed by atoms with Gasteiger partial charge in [0.25, 0.3) is 0 Å². The molecule has 5 rings (SSSR count). The summed E-state index contributed by atoms with van der Waals surface area (Å²) < 4.78 is 3.36. The molecule has 1 fully saturated rings. The number of fused-ring (bicyclic) bond motifs is 1. The van der Waals surface area contributed by atoms with Gasteiger partial charge in [0.05, 0.1) is 26.9 Å². The van der Waals surface area contributed by atoms with Crippen molar-refractivity contribution in [2.45, 2.75) is 37.0 Å². The first-order chi connectivity index (χ1) is 14.6. The van der Waals surface area contributed by atoms with Crippen LogP contribution in [0.3, 0.4) is 0 Å². The Bertz CT molecular complexity index is 1150. The minimum Gasteiger partial charge on any atom is -0.336 e. The number of nitrogens with zero attached hydrogens (tertiary/aromatic N) is 5. The topological polar surface area (TPSA) is 63.9 Å². The number of rotatable bonds is 7. The molecule has 4 aromatic rings. The molecule has 0 radical (unpaired) electrons. The number of para-hydroxylation sites is 1. The Morgan fingerprint density at radius 3 is 2.83 bits per heavy atom. The predicted octanol–water partition coefficient (Wildman–Crippen LogP) is 5.26. The lowest BCUT2D eigenvalue weighted by molar-refractivity contribution is -0.128. The maximum atomic E-state index is 12.9. The Morgan fingerprint density at radius 2 is 2.10 bits per heavy atom. The Kier molecular flexibility index (Phi) is 5.34. The van der Waals surface area contributed by atoms with Gasteiger partial charge in [-0.25, -0.2) is 4.98 Å². The molecule has 0 N–H and O–H groups in total.